The van der Waals surface area contributed by atoms with Gasteiger partial charge in [-0.1, -0.05) is 47.5 Å². The minimum Gasteiger partial charge on any atom is -0.454 e. The highest BCUT2D eigenvalue weighted by atomic mass is 35.5. The van der Waals surface area contributed by atoms with Gasteiger partial charge in [-0.05, 0) is 79.2 Å². The number of benzene rings is 4. The van der Waals surface area contributed by atoms with E-state index in [0.29, 0.717) is 44.0 Å². The van der Waals surface area contributed by atoms with E-state index < -0.39 is 17.1 Å². The second-order valence-electron chi connectivity index (χ2n) is 9.34. The van der Waals surface area contributed by atoms with Gasteiger partial charge in [0, 0.05) is 37.9 Å². The molecule has 8 nitrogen and oxygen atoms in total. The molecule has 4 aromatic carbocycles. The van der Waals surface area contributed by atoms with Crippen molar-refractivity contribution in [2.45, 2.75) is 17.1 Å². The molecule has 1 unspecified atom stereocenters. The third-order valence-corrected chi connectivity index (χ3v) is 7.90. The second kappa shape index (κ2) is 13.7. The Balaban J connectivity index is 1.24. The van der Waals surface area contributed by atoms with Crippen LogP contribution >= 0.6 is 35.0 Å². The number of amides is 3. The van der Waals surface area contributed by atoms with Gasteiger partial charge in [0.25, 0.3) is 11.8 Å². The van der Waals surface area contributed by atoms with Crippen molar-refractivity contribution in [2.24, 2.45) is 0 Å². The zero-order chi connectivity index (χ0) is 30.3. The zero-order valence-electron chi connectivity index (χ0n) is 22.7. The van der Waals surface area contributed by atoms with Gasteiger partial charge in [-0.25, -0.2) is 0 Å². The first-order chi connectivity index (χ1) is 20.7. The molecule has 1 aliphatic heterocycles. The maximum atomic E-state index is 13.3. The molecule has 4 aromatic rings. The number of hydrogen-bond donors (Lipinski definition) is 3. The summed E-state index contributed by atoms with van der Waals surface area (Å²) in [6.45, 7) is 1.96. The first kappa shape index (κ1) is 30.0. The van der Waals surface area contributed by atoms with E-state index in [-0.39, 0.29) is 18.4 Å². The number of halogens is 2. The molecule has 11 heteroatoms. The first-order valence-electron chi connectivity index (χ1n) is 13.1. The molecule has 0 bridgehead atoms. The number of fused-ring (bicyclic) bond motifs is 1. The lowest BCUT2D eigenvalue weighted by Crippen LogP contribution is -2.30. The normalized spacial score (nSPS) is 12.8. The number of hydrogen-bond acceptors (Lipinski definition) is 6. The Morgan fingerprint density at radius 3 is 2.30 bits per heavy atom. The van der Waals surface area contributed by atoms with Crippen LogP contribution in [0.3, 0.4) is 0 Å². The van der Waals surface area contributed by atoms with Gasteiger partial charge >= 0.3 is 0 Å². The summed E-state index contributed by atoms with van der Waals surface area (Å²) in [5, 5.41) is 8.74. The van der Waals surface area contributed by atoms with Crippen LogP contribution in [0.2, 0.25) is 10.0 Å². The van der Waals surface area contributed by atoms with Gasteiger partial charge in [0.1, 0.15) is 5.70 Å². The van der Waals surface area contributed by atoms with Crippen molar-refractivity contribution in [3.8, 4) is 11.5 Å². The minimum atomic E-state index is -0.549. The number of rotatable bonds is 9. The summed E-state index contributed by atoms with van der Waals surface area (Å²) in [7, 11) is 0. The molecule has 0 aromatic heterocycles. The monoisotopic (exact) mass is 633 g/mol. The van der Waals surface area contributed by atoms with Crippen LogP contribution in [0.1, 0.15) is 22.8 Å². The Bertz CT molecular complexity index is 1700. The van der Waals surface area contributed by atoms with Crippen molar-refractivity contribution in [1.29, 1.82) is 0 Å². The molecule has 5 rings (SSSR count). The first-order valence-corrected chi connectivity index (χ1v) is 14.7. The highest BCUT2D eigenvalue weighted by molar-refractivity contribution is 8.00. The summed E-state index contributed by atoms with van der Waals surface area (Å²) in [5.74, 6) is 0.0530. The van der Waals surface area contributed by atoms with Crippen molar-refractivity contribution < 1.29 is 23.9 Å². The van der Waals surface area contributed by atoms with Gasteiger partial charge < -0.3 is 25.4 Å². The van der Waals surface area contributed by atoms with Crippen molar-refractivity contribution in [3.05, 3.63) is 118 Å². The van der Waals surface area contributed by atoms with Crippen LogP contribution < -0.4 is 25.4 Å². The maximum Gasteiger partial charge on any atom is 0.272 e. The number of carbonyl (C=O) groups excluding carboxylic acids is 3. The molecule has 1 heterocycles. The topological polar surface area (TPSA) is 106 Å². The highest BCUT2D eigenvalue weighted by Crippen LogP contribution is 2.34. The van der Waals surface area contributed by atoms with Gasteiger partial charge in [0.2, 0.25) is 12.7 Å². The molecule has 0 saturated carbocycles. The van der Waals surface area contributed by atoms with Gasteiger partial charge in [0.15, 0.2) is 11.5 Å². The molecule has 0 aliphatic carbocycles. The van der Waals surface area contributed by atoms with E-state index in [1.165, 1.54) is 17.8 Å². The third kappa shape index (κ3) is 7.90. The molecule has 0 spiro atoms. The molecule has 0 fully saturated rings. The highest BCUT2D eigenvalue weighted by Gasteiger charge is 2.19. The fourth-order valence-corrected chi connectivity index (χ4v) is 5.34. The summed E-state index contributed by atoms with van der Waals surface area (Å²) in [5.41, 5.74) is 1.99. The lowest BCUT2D eigenvalue weighted by Gasteiger charge is -2.14. The van der Waals surface area contributed by atoms with Crippen LogP contribution in [0.5, 0.6) is 11.5 Å². The average molecular weight is 635 g/mol. The molecule has 0 radical (unpaired) electrons. The van der Waals surface area contributed by atoms with E-state index >= 15 is 0 Å². The molecule has 1 atom stereocenters. The lowest BCUT2D eigenvalue weighted by molar-refractivity contribution is -0.115. The average Bonchev–Trinajstić information content (AvgIpc) is 3.47. The van der Waals surface area contributed by atoms with Gasteiger partial charge in [-0.15, -0.1) is 11.8 Å². The number of carbonyl (C=O) groups is 3. The van der Waals surface area contributed by atoms with Crippen LogP contribution in [0.15, 0.2) is 102 Å². The summed E-state index contributed by atoms with van der Waals surface area (Å²) < 4.78 is 10.7. The Labute approximate surface area is 262 Å². The van der Waals surface area contributed by atoms with Crippen LogP contribution in [0.25, 0.3) is 6.08 Å². The smallest absolute Gasteiger partial charge is 0.272 e. The van der Waals surface area contributed by atoms with Crippen molar-refractivity contribution >= 4 is 70.1 Å². The molecule has 1 aliphatic rings. The van der Waals surface area contributed by atoms with E-state index in [9.17, 15) is 14.4 Å². The molecule has 3 amide bonds. The van der Waals surface area contributed by atoms with Gasteiger partial charge in [-0.3, -0.25) is 14.4 Å². The summed E-state index contributed by atoms with van der Waals surface area (Å²) in [4.78, 5) is 39.8. The van der Waals surface area contributed by atoms with Crippen LogP contribution in [0, 0.1) is 0 Å². The molecule has 3 N–H and O–H groups in total. The SMILES string of the molecule is CC(Sc1ccc(NC(=O)/C(=C/c2ccc(Cl)cc2Cl)NC(=O)c2ccccc2)cc1)C(=O)Nc1ccc2c(c1)OCO2. The molecular formula is C32H25Cl2N3O5S. The lowest BCUT2D eigenvalue weighted by atomic mass is 10.1. The van der Waals surface area contributed by atoms with Crippen LogP contribution in [-0.4, -0.2) is 29.8 Å². The van der Waals surface area contributed by atoms with E-state index in [0.717, 1.165) is 4.90 Å². The van der Waals surface area contributed by atoms with E-state index in [4.69, 9.17) is 32.7 Å². The van der Waals surface area contributed by atoms with E-state index in [2.05, 4.69) is 16.0 Å². The largest absolute Gasteiger partial charge is 0.454 e. The summed E-state index contributed by atoms with van der Waals surface area (Å²) in [6, 6.07) is 25.7. The minimum absolute atomic E-state index is 0.00895. The second-order valence-corrected chi connectivity index (χ2v) is 11.6. The van der Waals surface area contributed by atoms with Crippen LogP contribution in [0.4, 0.5) is 11.4 Å². The predicted molar refractivity (Wildman–Crippen MR) is 170 cm³/mol. The maximum absolute atomic E-state index is 13.3. The van der Waals surface area contributed by atoms with E-state index in [1.807, 2.05) is 0 Å². The van der Waals surface area contributed by atoms with Crippen LogP contribution in [-0.2, 0) is 9.59 Å². The van der Waals surface area contributed by atoms with E-state index in [1.54, 1.807) is 97.9 Å². The Morgan fingerprint density at radius 1 is 0.837 bits per heavy atom. The number of nitrogens with one attached hydrogen (secondary N) is 3. The number of thioether (sulfide) groups is 1. The molecule has 0 saturated heterocycles. The Hall–Kier alpha value is -4.44. The van der Waals surface area contributed by atoms with Crippen molar-refractivity contribution in [3.63, 3.8) is 0 Å². The molecule has 218 valence electrons. The predicted octanol–water partition coefficient (Wildman–Crippen LogP) is 7.25. The van der Waals surface area contributed by atoms with Gasteiger partial charge in [-0.2, -0.15) is 0 Å². The third-order valence-electron chi connectivity index (χ3n) is 6.23. The molecular weight excluding hydrogens is 609 g/mol. The van der Waals surface area contributed by atoms with Crippen molar-refractivity contribution in [1.82, 2.24) is 5.32 Å². The quantitative estimate of drug-likeness (QED) is 0.132. The van der Waals surface area contributed by atoms with Gasteiger partial charge in [0.05, 0.1) is 5.25 Å². The Kier molecular flexibility index (Phi) is 9.56. The number of anilines is 2. The van der Waals surface area contributed by atoms with Crippen molar-refractivity contribution in [2.75, 3.05) is 17.4 Å². The Morgan fingerprint density at radius 2 is 1.56 bits per heavy atom. The fraction of sp³-hybridized carbons (Fsp3) is 0.0938. The summed E-state index contributed by atoms with van der Waals surface area (Å²) >= 11 is 13.7. The molecule has 43 heavy (non-hydrogen) atoms. The number of ether oxygens (including phenoxy) is 2. The fourth-order valence-electron chi connectivity index (χ4n) is 4.01. The zero-order valence-corrected chi connectivity index (χ0v) is 25.1. The standard InChI is InChI=1S/C32H25Cl2N3O5S/c1-19(30(38)36-24-11-14-28-29(17-24)42-18-41-28)43-25-12-9-23(10-13-25)35-32(40)27(15-21-7-8-22(33)16-26(21)34)37-31(39)20-5-3-2-4-6-20/h2-17,19H,18H2,1H3,(H,35,40)(H,36,38)(H,37,39)/b27-15-. The summed E-state index contributed by atoms with van der Waals surface area (Å²) in [6.07, 6.45) is 1.49.